The highest BCUT2D eigenvalue weighted by molar-refractivity contribution is 7.20. The van der Waals surface area contributed by atoms with Crippen molar-refractivity contribution in [1.29, 1.82) is 0 Å². The predicted molar refractivity (Wildman–Crippen MR) is 82.6 cm³/mol. The van der Waals surface area contributed by atoms with Gasteiger partial charge in [0.25, 0.3) is 0 Å². The molecule has 1 heterocycles. The van der Waals surface area contributed by atoms with Crippen LogP contribution in [0.15, 0.2) is 30.3 Å². The standard InChI is InChI=1S/C14H15Cl2NOS/c1-2-7-18-11-6-4-3-5-9(11)13(17)10-8-12(15)19-14(10)16/h3-6,8,13H,2,7,17H2,1H3. The normalized spacial score (nSPS) is 12.4. The third-order valence-electron chi connectivity index (χ3n) is 2.73. The first-order chi connectivity index (χ1) is 9.13. The molecule has 0 saturated carbocycles. The Labute approximate surface area is 127 Å². The molecule has 0 radical (unpaired) electrons. The molecule has 102 valence electrons. The van der Waals surface area contributed by atoms with Crippen molar-refractivity contribution in [3.63, 3.8) is 0 Å². The SMILES string of the molecule is CCCOc1ccccc1C(N)c1cc(Cl)sc1Cl. The summed E-state index contributed by atoms with van der Waals surface area (Å²) >= 11 is 13.5. The van der Waals surface area contributed by atoms with Gasteiger partial charge in [-0.15, -0.1) is 11.3 Å². The minimum absolute atomic E-state index is 0.329. The molecule has 2 rings (SSSR count). The molecule has 1 aromatic carbocycles. The van der Waals surface area contributed by atoms with Gasteiger partial charge in [-0.25, -0.2) is 0 Å². The smallest absolute Gasteiger partial charge is 0.124 e. The van der Waals surface area contributed by atoms with E-state index in [1.54, 1.807) is 0 Å². The van der Waals surface area contributed by atoms with Crippen molar-refractivity contribution < 1.29 is 4.74 Å². The average molecular weight is 316 g/mol. The van der Waals surface area contributed by atoms with E-state index in [2.05, 4.69) is 6.92 Å². The summed E-state index contributed by atoms with van der Waals surface area (Å²) in [7, 11) is 0. The molecule has 1 atom stereocenters. The molecule has 19 heavy (non-hydrogen) atoms. The van der Waals surface area contributed by atoms with E-state index in [-0.39, 0.29) is 6.04 Å². The Morgan fingerprint density at radius 3 is 2.63 bits per heavy atom. The molecule has 0 amide bonds. The molecular weight excluding hydrogens is 301 g/mol. The van der Waals surface area contributed by atoms with Crippen LogP contribution in [0.2, 0.25) is 8.67 Å². The molecule has 2 N–H and O–H groups in total. The Balaban J connectivity index is 2.32. The van der Waals surface area contributed by atoms with Crippen molar-refractivity contribution in [2.45, 2.75) is 19.4 Å². The molecular formula is C14H15Cl2NOS. The van der Waals surface area contributed by atoms with Gasteiger partial charge < -0.3 is 10.5 Å². The predicted octanol–water partition coefficient (Wildman–Crippen LogP) is 4.89. The topological polar surface area (TPSA) is 35.2 Å². The van der Waals surface area contributed by atoms with Crippen LogP contribution in [0.1, 0.15) is 30.5 Å². The summed E-state index contributed by atoms with van der Waals surface area (Å²) < 4.78 is 6.99. The van der Waals surface area contributed by atoms with Crippen LogP contribution in [-0.4, -0.2) is 6.61 Å². The van der Waals surface area contributed by atoms with E-state index >= 15 is 0 Å². The zero-order chi connectivity index (χ0) is 13.8. The summed E-state index contributed by atoms with van der Waals surface area (Å²) in [4.78, 5) is 0. The first-order valence-corrected chi connectivity index (χ1v) is 7.62. The summed E-state index contributed by atoms with van der Waals surface area (Å²) in [5, 5.41) is 0. The summed E-state index contributed by atoms with van der Waals surface area (Å²) in [6, 6.07) is 9.24. The number of hydrogen-bond acceptors (Lipinski definition) is 3. The highest BCUT2D eigenvalue weighted by Gasteiger charge is 2.18. The Kier molecular flexibility index (Phi) is 5.11. The van der Waals surface area contributed by atoms with Gasteiger partial charge in [0.05, 0.1) is 21.3 Å². The molecule has 0 spiro atoms. The van der Waals surface area contributed by atoms with E-state index in [0.717, 1.165) is 23.3 Å². The van der Waals surface area contributed by atoms with Gasteiger partial charge in [0.15, 0.2) is 0 Å². The van der Waals surface area contributed by atoms with E-state index < -0.39 is 0 Å². The highest BCUT2D eigenvalue weighted by Crippen LogP contribution is 2.38. The van der Waals surface area contributed by atoms with Crippen LogP contribution >= 0.6 is 34.5 Å². The van der Waals surface area contributed by atoms with Crippen LogP contribution in [0.3, 0.4) is 0 Å². The molecule has 1 unspecified atom stereocenters. The third kappa shape index (κ3) is 3.42. The number of hydrogen-bond donors (Lipinski definition) is 1. The largest absolute Gasteiger partial charge is 0.493 e. The van der Waals surface area contributed by atoms with E-state index in [0.29, 0.717) is 15.3 Å². The van der Waals surface area contributed by atoms with Gasteiger partial charge in [-0.2, -0.15) is 0 Å². The van der Waals surface area contributed by atoms with Gasteiger partial charge in [-0.1, -0.05) is 48.3 Å². The second-order valence-electron chi connectivity index (χ2n) is 4.14. The Morgan fingerprint density at radius 1 is 1.26 bits per heavy atom. The Morgan fingerprint density at radius 2 is 2.00 bits per heavy atom. The third-order valence-corrected chi connectivity index (χ3v) is 4.25. The molecule has 1 aromatic heterocycles. The lowest BCUT2D eigenvalue weighted by Gasteiger charge is -2.16. The van der Waals surface area contributed by atoms with Crippen LogP contribution in [0, 0.1) is 0 Å². The molecule has 0 aliphatic rings. The number of ether oxygens (including phenoxy) is 1. The van der Waals surface area contributed by atoms with Crippen LogP contribution in [-0.2, 0) is 0 Å². The number of thiophene rings is 1. The zero-order valence-electron chi connectivity index (χ0n) is 10.5. The second kappa shape index (κ2) is 6.62. The molecule has 5 heteroatoms. The van der Waals surface area contributed by atoms with Crippen LogP contribution in [0.5, 0.6) is 5.75 Å². The number of nitrogens with two attached hydrogens (primary N) is 1. The lowest BCUT2D eigenvalue weighted by Crippen LogP contribution is -2.13. The van der Waals surface area contributed by atoms with Crippen molar-refractivity contribution in [3.05, 3.63) is 50.1 Å². The zero-order valence-corrected chi connectivity index (χ0v) is 12.9. The maximum Gasteiger partial charge on any atom is 0.124 e. The molecule has 0 fully saturated rings. The monoisotopic (exact) mass is 315 g/mol. The number of benzene rings is 1. The summed E-state index contributed by atoms with van der Waals surface area (Å²) in [6.45, 7) is 2.74. The van der Waals surface area contributed by atoms with Crippen molar-refractivity contribution in [1.82, 2.24) is 0 Å². The molecule has 2 nitrogen and oxygen atoms in total. The van der Waals surface area contributed by atoms with E-state index in [1.807, 2.05) is 30.3 Å². The quantitative estimate of drug-likeness (QED) is 0.852. The fourth-order valence-corrected chi connectivity index (χ4v) is 3.36. The minimum Gasteiger partial charge on any atom is -0.493 e. The van der Waals surface area contributed by atoms with Gasteiger partial charge in [0.1, 0.15) is 5.75 Å². The fraction of sp³-hybridized carbons (Fsp3) is 0.286. The summed E-state index contributed by atoms with van der Waals surface area (Å²) in [5.41, 5.74) is 8.05. The van der Waals surface area contributed by atoms with E-state index in [1.165, 1.54) is 11.3 Å². The van der Waals surface area contributed by atoms with Crippen molar-refractivity contribution >= 4 is 34.5 Å². The first-order valence-electron chi connectivity index (χ1n) is 6.05. The summed E-state index contributed by atoms with van der Waals surface area (Å²) in [6.07, 6.45) is 0.953. The number of rotatable bonds is 5. The van der Waals surface area contributed by atoms with Gasteiger partial charge >= 0.3 is 0 Å². The van der Waals surface area contributed by atoms with Crippen molar-refractivity contribution in [2.24, 2.45) is 5.73 Å². The van der Waals surface area contributed by atoms with Gasteiger partial charge in [0.2, 0.25) is 0 Å². The fourth-order valence-electron chi connectivity index (χ4n) is 1.81. The van der Waals surface area contributed by atoms with E-state index in [9.17, 15) is 0 Å². The molecule has 0 aliphatic carbocycles. The van der Waals surface area contributed by atoms with Crippen LogP contribution in [0.4, 0.5) is 0 Å². The maximum atomic E-state index is 6.29. The molecule has 0 bridgehead atoms. The van der Waals surface area contributed by atoms with E-state index in [4.69, 9.17) is 33.7 Å². The van der Waals surface area contributed by atoms with Gasteiger partial charge in [-0.05, 0) is 18.6 Å². The number of halogens is 2. The van der Waals surface area contributed by atoms with Crippen LogP contribution < -0.4 is 10.5 Å². The lowest BCUT2D eigenvalue weighted by molar-refractivity contribution is 0.313. The minimum atomic E-state index is -0.329. The van der Waals surface area contributed by atoms with Crippen molar-refractivity contribution in [2.75, 3.05) is 6.61 Å². The Hall–Kier alpha value is -0.740. The Bertz CT molecular complexity index is 556. The molecule has 0 aliphatic heterocycles. The average Bonchev–Trinajstić information content (AvgIpc) is 2.75. The first kappa shape index (κ1) is 14.7. The van der Waals surface area contributed by atoms with Crippen LogP contribution in [0.25, 0.3) is 0 Å². The van der Waals surface area contributed by atoms with Gasteiger partial charge in [0, 0.05) is 11.1 Å². The lowest BCUT2D eigenvalue weighted by atomic mass is 10.0. The maximum absolute atomic E-state index is 6.29. The van der Waals surface area contributed by atoms with Crippen molar-refractivity contribution in [3.8, 4) is 5.75 Å². The highest BCUT2D eigenvalue weighted by atomic mass is 35.5. The summed E-state index contributed by atoms with van der Waals surface area (Å²) in [5.74, 6) is 0.801. The molecule has 0 saturated heterocycles. The number of para-hydroxylation sites is 1. The molecule has 2 aromatic rings. The van der Waals surface area contributed by atoms with Gasteiger partial charge in [-0.3, -0.25) is 0 Å². The second-order valence-corrected chi connectivity index (χ2v) is 6.43.